The highest BCUT2D eigenvalue weighted by atomic mass is 35.5. The van der Waals surface area contributed by atoms with Crippen LogP contribution in [0.4, 0.5) is 5.82 Å². The van der Waals surface area contributed by atoms with Crippen LogP contribution in [0, 0.1) is 6.92 Å². The highest BCUT2D eigenvalue weighted by Crippen LogP contribution is 2.21. The summed E-state index contributed by atoms with van der Waals surface area (Å²) in [4.78, 5) is 17.3. The van der Waals surface area contributed by atoms with Crippen molar-refractivity contribution in [2.24, 2.45) is 5.10 Å². The number of aryl methyl sites for hydroxylation is 3. The lowest BCUT2D eigenvalue weighted by Gasteiger charge is -2.05. The summed E-state index contributed by atoms with van der Waals surface area (Å²) in [6.07, 6.45) is 6.01. The van der Waals surface area contributed by atoms with Crippen LogP contribution in [0.15, 0.2) is 60.1 Å². The van der Waals surface area contributed by atoms with E-state index in [1.165, 1.54) is 5.56 Å². The lowest BCUT2D eigenvalue weighted by atomic mass is 10.2. The molecule has 0 atom stereocenters. The number of aromatic nitrogens is 5. The predicted octanol–water partition coefficient (Wildman–Crippen LogP) is 3.87. The fraction of sp³-hybridized carbons (Fsp3) is 0.150. The topological polar surface area (TPSA) is 80.9 Å². The Labute approximate surface area is 167 Å². The number of rotatable bonds is 6. The van der Waals surface area contributed by atoms with Crippen molar-refractivity contribution in [3.63, 3.8) is 0 Å². The van der Waals surface area contributed by atoms with Gasteiger partial charge in [0.2, 0.25) is 5.28 Å². The van der Waals surface area contributed by atoms with Crippen LogP contribution in [-0.2, 0) is 13.0 Å². The maximum absolute atomic E-state index is 6.12. The summed E-state index contributed by atoms with van der Waals surface area (Å²) in [5.74, 6) is 0.468. The molecule has 0 bridgehead atoms. The van der Waals surface area contributed by atoms with Crippen molar-refractivity contribution >= 4 is 34.8 Å². The molecule has 1 aromatic carbocycles. The molecule has 0 radical (unpaired) electrons. The molecule has 0 aliphatic heterocycles. The molecule has 0 aliphatic carbocycles. The van der Waals surface area contributed by atoms with Crippen LogP contribution in [0.25, 0.3) is 11.2 Å². The number of hydrogen-bond donors (Lipinski definition) is 1. The Hall–Kier alpha value is -3.32. The normalized spacial score (nSPS) is 11.4. The summed E-state index contributed by atoms with van der Waals surface area (Å²) in [6.45, 7) is 2.73. The highest BCUT2D eigenvalue weighted by molar-refractivity contribution is 6.28. The quantitative estimate of drug-likeness (QED) is 0.306. The smallest absolute Gasteiger partial charge is 0.226 e. The van der Waals surface area contributed by atoms with Crippen LogP contribution in [-0.4, -0.2) is 30.7 Å². The van der Waals surface area contributed by atoms with E-state index in [2.05, 4.69) is 30.5 Å². The summed E-state index contributed by atoms with van der Waals surface area (Å²) < 4.78 is 1.94. The van der Waals surface area contributed by atoms with Crippen molar-refractivity contribution in [1.82, 2.24) is 24.5 Å². The van der Waals surface area contributed by atoms with E-state index >= 15 is 0 Å². The van der Waals surface area contributed by atoms with E-state index in [4.69, 9.17) is 11.6 Å². The second-order valence-electron chi connectivity index (χ2n) is 6.31. The molecule has 28 heavy (non-hydrogen) atoms. The average molecular weight is 392 g/mol. The van der Waals surface area contributed by atoms with Gasteiger partial charge in [-0.05, 0) is 36.2 Å². The Kier molecular flexibility index (Phi) is 5.25. The first-order chi connectivity index (χ1) is 13.7. The Morgan fingerprint density at radius 1 is 1.14 bits per heavy atom. The van der Waals surface area contributed by atoms with Crippen molar-refractivity contribution in [1.29, 1.82) is 0 Å². The van der Waals surface area contributed by atoms with Crippen LogP contribution < -0.4 is 5.43 Å². The molecule has 0 fully saturated rings. The molecule has 0 amide bonds. The Morgan fingerprint density at radius 2 is 2.07 bits per heavy atom. The number of hydrogen-bond acceptors (Lipinski definition) is 6. The molecule has 0 saturated heterocycles. The van der Waals surface area contributed by atoms with Gasteiger partial charge in [0.05, 0.1) is 12.5 Å². The molecular formula is C20H18ClN7. The molecule has 3 aromatic heterocycles. The Morgan fingerprint density at radius 3 is 2.89 bits per heavy atom. The van der Waals surface area contributed by atoms with E-state index in [1.54, 1.807) is 18.7 Å². The van der Waals surface area contributed by atoms with Crippen LogP contribution in [0.2, 0.25) is 5.28 Å². The van der Waals surface area contributed by atoms with Gasteiger partial charge in [0.15, 0.2) is 17.0 Å². The van der Waals surface area contributed by atoms with Crippen LogP contribution in [0.5, 0.6) is 0 Å². The fourth-order valence-corrected chi connectivity index (χ4v) is 3.02. The minimum atomic E-state index is 0.139. The lowest BCUT2D eigenvalue weighted by molar-refractivity contribution is 0.697. The largest absolute Gasteiger partial charge is 0.315 e. The first kappa shape index (κ1) is 18.1. The third kappa shape index (κ3) is 4.15. The van der Waals surface area contributed by atoms with Gasteiger partial charge >= 0.3 is 0 Å². The molecule has 0 aliphatic rings. The fourth-order valence-electron chi connectivity index (χ4n) is 2.86. The minimum Gasteiger partial charge on any atom is -0.315 e. The van der Waals surface area contributed by atoms with E-state index in [0.29, 0.717) is 23.5 Å². The summed E-state index contributed by atoms with van der Waals surface area (Å²) in [6, 6.07) is 13.9. The first-order valence-corrected chi connectivity index (χ1v) is 9.21. The SMILES string of the molecule is Cc1cccc(C=NNc2nc(Cl)nc3c2ncn3CCc2ccccn2)c1. The molecule has 1 N–H and O–H groups in total. The number of hydrazone groups is 1. The zero-order valence-corrected chi connectivity index (χ0v) is 16.0. The van der Waals surface area contributed by atoms with E-state index in [9.17, 15) is 0 Å². The molecule has 3 heterocycles. The van der Waals surface area contributed by atoms with Gasteiger partial charge in [-0.1, -0.05) is 35.9 Å². The van der Waals surface area contributed by atoms with Crippen molar-refractivity contribution in [2.45, 2.75) is 19.9 Å². The van der Waals surface area contributed by atoms with Crippen molar-refractivity contribution < 1.29 is 0 Å². The molecule has 0 saturated carbocycles. The molecule has 4 rings (SSSR count). The van der Waals surface area contributed by atoms with Gasteiger partial charge in [-0.3, -0.25) is 10.4 Å². The molecule has 0 unspecified atom stereocenters. The van der Waals surface area contributed by atoms with Crippen molar-refractivity contribution in [3.8, 4) is 0 Å². The molecule has 7 nitrogen and oxygen atoms in total. The second-order valence-corrected chi connectivity index (χ2v) is 6.64. The van der Waals surface area contributed by atoms with Gasteiger partial charge < -0.3 is 4.57 Å². The number of pyridine rings is 1. The van der Waals surface area contributed by atoms with Crippen LogP contribution in [0.3, 0.4) is 0 Å². The molecule has 0 spiro atoms. The molecule has 140 valence electrons. The van der Waals surface area contributed by atoms with Gasteiger partial charge in [0, 0.05) is 24.9 Å². The standard InChI is InChI=1S/C20H18ClN7/c1-14-5-4-6-15(11-14)12-24-27-18-17-19(26-20(21)25-18)28(13-23-17)10-8-16-7-2-3-9-22-16/h2-7,9,11-13H,8,10H2,1H3,(H,25,26,27). The van der Waals surface area contributed by atoms with Gasteiger partial charge in [0.25, 0.3) is 0 Å². The average Bonchev–Trinajstić information content (AvgIpc) is 3.10. The van der Waals surface area contributed by atoms with Gasteiger partial charge in [0.1, 0.15) is 0 Å². The lowest BCUT2D eigenvalue weighted by Crippen LogP contribution is -2.03. The van der Waals surface area contributed by atoms with E-state index < -0.39 is 0 Å². The number of imidazole rings is 1. The number of fused-ring (bicyclic) bond motifs is 1. The predicted molar refractivity (Wildman–Crippen MR) is 111 cm³/mol. The summed E-state index contributed by atoms with van der Waals surface area (Å²) in [7, 11) is 0. The summed E-state index contributed by atoms with van der Waals surface area (Å²) >= 11 is 6.12. The minimum absolute atomic E-state index is 0.139. The third-order valence-corrected chi connectivity index (χ3v) is 4.37. The maximum Gasteiger partial charge on any atom is 0.226 e. The first-order valence-electron chi connectivity index (χ1n) is 8.83. The molecule has 8 heteroatoms. The van der Waals surface area contributed by atoms with Gasteiger partial charge in [-0.15, -0.1) is 0 Å². The highest BCUT2D eigenvalue weighted by Gasteiger charge is 2.12. The third-order valence-electron chi connectivity index (χ3n) is 4.20. The monoisotopic (exact) mass is 391 g/mol. The van der Waals surface area contributed by atoms with E-state index in [-0.39, 0.29) is 5.28 Å². The maximum atomic E-state index is 6.12. The van der Waals surface area contributed by atoms with Crippen molar-refractivity contribution in [2.75, 3.05) is 5.43 Å². The van der Waals surface area contributed by atoms with Crippen LogP contribution >= 0.6 is 11.6 Å². The number of halogens is 1. The Balaban J connectivity index is 1.55. The number of benzene rings is 1. The van der Waals surface area contributed by atoms with Crippen LogP contribution in [0.1, 0.15) is 16.8 Å². The zero-order chi connectivity index (χ0) is 19.3. The summed E-state index contributed by atoms with van der Waals surface area (Å²) in [5, 5.41) is 4.40. The number of anilines is 1. The van der Waals surface area contributed by atoms with E-state index in [1.807, 2.05) is 54.0 Å². The van der Waals surface area contributed by atoms with Gasteiger partial charge in [-0.2, -0.15) is 15.1 Å². The number of nitrogens with one attached hydrogen (secondary N) is 1. The zero-order valence-electron chi connectivity index (χ0n) is 15.2. The summed E-state index contributed by atoms with van der Waals surface area (Å²) in [5.41, 5.74) is 7.37. The molecule has 4 aromatic rings. The number of nitrogens with zero attached hydrogens (tertiary/aromatic N) is 6. The van der Waals surface area contributed by atoms with Crippen molar-refractivity contribution in [3.05, 3.63) is 77.1 Å². The van der Waals surface area contributed by atoms with E-state index in [0.717, 1.165) is 17.7 Å². The Bertz CT molecular complexity index is 1120. The second kappa shape index (κ2) is 8.14. The van der Waals surface area contributed by atoms with Gasteiger partial charge in [-0.25, -0.2) is 4.98 Å². The molecular weight excluding hydrogens is 374 g/mol.